The number of carbonyl (C=O) groups excluding carboxylic acids is 1. The zero-order valence-electron chi connectivity index (χ0n) is 14.2. The van der Waals surface area contributed by atoms with Crippen molar-refractivity contribution in [1.82, 2.24) is 14.8 Å². The quantitative estimate of drug-likeness (QED) is 0.715. The number of ether oxygens (including phenoxy) is 1. The number of aryl methyl sites for hydroxylation is 1. The van der Waals surface area contributed by atoms with Crippen LogP contribution in [0.4, 0.5) is 5.69 Å². The molecule has 0 fully saturated rings. The molecule has 0 bridgehead atoms. The number of benzene rings is 1. The zero-order valence-corrected chi connectivity index (χ0v) is 15.7. The summed E-state index contributed by atoms with van der Waals surface area (Å²) in [5.41, 5.74) is 2.70. The molecule has 6 nitrogen and oxygen atoms in total. The fourth-order valence-electron chi connectivity index (χ4n) is 2.56. The first kappa shape index (κ1) is 18.2. The van der Waals surface area contributed by atoms with Crippen molar-refractivity contribution in [1.29, 1.82) is 0 Å². The Kier molecular flexibility index (Phi) is 5.44. The minimum absolute atomic E-state index is 0.165. The molecule has 26 heavy (non-hydrogen) atoms. The van der Waals surface area contributed by atoms with Gasteiger partial charge in [0, 0.05) is 12.1 Å². The van der Waals surface area contributed by atoms with Crippen molar-refractivity contribution in [2.45, 2.75) is 6.42 Å². The SMILES string of the molecule is COc1ncc(NC(=O)Cc2ccc(Cl)cc2)cc1-c1c(Cl)cnn1C. The van der Waals surface area contributed by atoms with E-state index in [4.69, 9.17) is 27.9 Å². The summed E-state index contributed by atoms with van der Waals surface area (Å²) in [5, 5.41) is 8.06. The largest absolute Gasteiger partial charge is 0.481 e. The number of rotatable bonds is 5. The van der Waals surface area contributed by atoms with E-state index in [0.29, 0.717) is 32.9 Å². The van der Waals surface area contributed by atoms with E-state index >= 15 is 0 Å². The van der Waals surface area contributed by atoms with Gasteiger partial charge in [0.1, 0.15) is 0 Å². The molecule has 2 heterocycles. The van der Waals surface area contributed by atoms with Crippen molar-refractivity contribution in [3.63, 3.8) is 0 Å². The van der Waals surface area contributed by atoms with Crippen molar-refractivity contribution in [2.75, 3.05) is 12.4 Å². The van der Waals surface area contributed by atoms with E-state index in [2.05, 4.69) is 15.4 Å². The molecule has 0 saturated carbocycles. The molecule has 0 atom stereocenters. The lowest BCUT2D eigenvalue weighted by Gasteiger charge is -2.11. The lowest BCUT2D eigenvalue weighted by molar-refractivity contribution is -0.115. The number of hydrogen-bond donors (Lipinski definition) is 1. The van der Waals surface area contributed by atoms with Gasteiger partial charge >= 0.3 is 0 Å². The fourth-order valence-corrected chi connectivity index (χ4v) is 2.95. The highest BCUT2D eigenvalue weighted by atomic mass is 35.5. The molecule has 0 aliphatic carbocycles. The van der Waals surface area contributed by atoms with Crippen LogP contribution in [-0.2, 0) is 18.3 Å². The van der Waals surface area contributed by atoms with Gasteiger partial charge in [-0.3, -0.25) is 9.48 Å². The first-order valence-corrected chi connectivity index (χ1v) is 8.49. The normalized spacial score (nSPS) is 10.6. The molecule has 1 amide bonds. The summed E-state index contributed by atoms with van der Waals surface area (Å²) in [7, 11) is 3.29. The lowest BCUT2D eigenvalue weighted by atomic mass is 10.1. The molecule has 2 aromatic heterocycles. The van der Waals surface area contributed by atoms with Crippen LogP contribution in [0.5, 0.6) is 5.88 Å². The van der Waals surface area contributed by atoms with Gasteiger partial charge in [-0.15, -0.1) is 0 Å². The van der Waals surface area contributed by atoms with Crippen molar-refractivity contribution in [2.24, 2.45) is 7.05 Å². The topological polar surface area (TPSA) is 69.0 Å². The van der Waals surface area contributed by atoms with E-state index in [-0.39, 0.29) is 12.3 Å². The third kappa shape index (κ3) is 3.98. The summed E-state index contributed by atoms with van der Waals surface area (Å²) in [4.78, 5) is 16.6. The number of aromatic nitrogens is 3. The van der Waals surface area contributed by atoms with Gasteiger partial charge in [-0.25, -0.2) is 4.98 Å². The standard InChI is InChI=1S/C18H16Cl2N4O2/c1-24-17(15(20)10-22-24)14-8-13(9-21-18(14)26-2)23-16(25)7-11-3-5-12(19)6-4-11/h3-6,8-10H,7H2,1-2H3,(H,23,25). The highest BCUT2D eigenvalue weighted by Crippen LogP contribution is 2.34. The number of carbonyl (C=O) groups is 1. The maximum Gasteiger partial charge on any atom is 0.228 e. The average Bonchev–Trinajstić information content (AvgIpc) is 2.95. The van der Waals surface area contributed by atoms with Gasteiger partial charge in [0.15, 0.2) is 0 Å². The Bertz CT molecular complexity index is 919. The van der Waals surface area contributed by atoms with Gasteiger partial charge in [0.05, 0.1) is 47.9 Å². The fraction of sp³-hybridized carbons (Fsp3) is 0.167. The monoisotopic (exact) mass is 390 g/mol. The van der Waals surface area contributed by atoms with Crippen LogP contribution in [0.1, 0.15) is 5.56 Å². The third-order valence-corrected chi connectivity index (χ3v) is 4.28. The molecule has 1 N–H and O–H groups in total. The predicted molar refractivity (Wildman–Crippen MR) is 102 cm³/mol. The van der Waals surface area contributed by atoms with Crippen LogP contribution in [-0.4, -0.2) is 27.8 Å². The van der Waals surface area contributed by atoms with E-state index in [0.717, 1.165) is 5.56 Å². The molecule has 0 unspecified atom stereocenters. The second-order valence-corrected chi connectivity index (χ2v) is 6.44. The molecular weight excluding hydrogens is 375 g/mol. The molecule has 0 spiro atoms. The number of nitrogens with one attached hydrogen (secondary N) is 1. The minimum Gasteiger partial charge on any atom is -0.481 e. The van der Waals surface area contributed by atoms with Crippen LogP contribution in [0.3, 0.4) is 0 Å². The highest BCUT2D eigenvalue weighted by molar-refractivity contribution is 6.33. The number of amides is 1. The average molecular weight is 391 g/mol. The molecule has 1 aromatic carbocycles. The number of methoxy groups -OCH3 is 1. The molecule has 8 heteroatoms. The molecular formula is C18H16Cl2N4O2. The Balaban J connectivity index is 1.83. The maximum atomic E-state index is 12.3. The van der Waals surface area contributed by atoms with Gasteiger partial charge in [-0.2, -0.15) is 5.10 Å². The molecule has 3 rings (SSSR count). The molecule has 0 radical (unpaired) electrons. The summed E-state index contributed by atoms with van der Waals surface area (Å²) < 4.78 is 6.94. The van der Waals surface area contributed by atoms with Crippen LogP contribution >= 0.6 is 23.2 Å². The summed E-state index contributed by atoms with van der Waals surface area (Å²) >= 11 is 12.1. The molecule has 0 aliphatic heterocycles. The molecule has 3 aromatic rings. The Hall–Kier alpha value is -2.57. The number of halogens is 2. The molecule has 0 saturated heterocycles. The van der Waals surface area contributed by atoms with E-state index in [1.807, 2.05) is 12.1 Å². The Morgan fingerprint density at radius 3 is 2.58 bits per heavy atom. The van der Waals surface area contributed by atoms with Gasteiger partial charge in [-0.05, 0) is 23.8 Å². The van der Waals surface area contributed by atoms with Gasteiger partial charge in [0.2, 0.25) is 11.8 Å². The lowest BCUT2D eigenvalue weighted by Crippen LogP contribution is -2.14. The van der Waals surface area contributed by atoms with E-state index in [1.165, 1.54) is 13.3 Å². The van der Waals surface area contributed by atoms with Crippen LogP contribution in [0.25, 0.3) is 11.3 Å². The number of anilines is 1. The summed E-state index contributed by atoms with van der Waals surface area (Å²) in [5.74, 6) is 0.229. The van der Waals surface area contributed by atoms with Crippen LogP contribution in [0, 0.1) is 0 Å². The van der Waals surface area contributed by atoms with E-state index < -0.39 is 0 Å². The second kappa shape index (κ2) is 7.76. The van der Waals surface area contributed by atoms with Crippen LogP contribution in [0.2, 0.25) is 10.0 Å². The maximum absolute atomic E-state index is 12.3. The molecule has 134 valence electrons. The first-order chi connectivity index (χ1) is 12.5. The highest BCUT2D eigenvalue weighted by Gasteiger charge is 2.17. The molecule has 0 aliphatic rings. The number of nitrogens with zero attached hydrogens (tertiary/aromatic N) is 3. The second-order valence-electron chi connectivity index (χ2n) is 5.60. The minimum atomic E-state index is -0.165. The van der Waals surface area contributed by atoms with Crippen LogP contribution in [0.15, 0.2) is 42.7 Å². The van der Waals surface area contributed by atoms with Gasteiger partial charge in [-0.1, -0.05) is 35.3 Å². The van der Waals surface area contributed by atoms with Crippen molar-refractivity contribution in [3.05, 3.63) is 58.3 Å². The van der Waals surface area contributed by atoms with E-state index in [1.54, 1.807) is 36.1 Å². The van der Waals surface area contributed by atoms with Crippen molar-refractivity contribution in [3.8, 4) is 17.1 Å². The van der Waals surface area contributed by atoms with Crippen molar-refractivity contribution >= 4 is 34.8 Å². The Morgan fingerprint density at radius 1 is 1.23 bits per heavy atom. The Labute approximate surface area is 160 Å². The third-order valence-electron chi connectivity index (χ3n) is 3.76. The number of hydrogen-bond acceptors (Lipinski definition) is 4. The first-order valence-electron chi connectivity index (χ1n) is 7.74. The summed E-state index contributed by atoms with van der Waals surface area (Å²) in [6.45, 7) is 0. The Morgan fingerprint density at radius 2 is 1.96 bits per heavy atom. The smallest absolute Gasteiger partial charge is 0.228 e. The number of pyridine rings is 1. The van der Waals surface area contributed by atoms with Crippen LogP contribution < -0.4 is 10.1 Å². The summed E-state index contributed by atoms with van der Waals surface area (Å²) in [6.07, 6.45) is 3.31. The van der Waals surface area contributed by atoms with E-state index in [9.17, 15) is 4.79 Å². The van der Waals surface area contributed by atoms with Gasteiger partial charge < -0.3 is 10.1 Å². The van der Waals surface area contributed by atoms with Crippen molar-refractivity contribution < 1.29 is 9.53 Å². The summed E-state index contributed by atoms with van der Waals surface area (Å²) in [6, 6.07) is 8.89. The zero-order chi connectivity index (χ0) is 18.7. The predicted octanol–water partition coefficient (Wildman–Crippen LogP) is 3.98. The van der Waals surface area contributed by atoms with Gasteiger partial charge in [0.25, 0.3) is 0 Å².